The van der Waals surface area contributed by atoms with Crippen LogP contribution in [0.25, 0.3) is 0 Å². The van der Waals surface area contributed by atoms with Crippen LogP contribution in [0.1, 0.15) is 29.7 Å². The molecule has 0 fully saturated rings. The lowest BCUT2D eigenvalue weighted by Crippen LogP contribution is -2.41. The highest BCUT2D eigenvalue weighted by Gasteiger charge is 2.29. The van der Waals surface area contributed by atoms with Crippen LogP contribution in [-0.4, -0.2) is 37.6 Å². The molecule has 0 saturated carbocycles. The van der Waals surface area contributed by atoms with Crippen molar-refractivity contribution < 1.29 is 9.53 Å². The van der Waals surface area contributed by atoms with Crippen molar-refractivity contribution in [2.24, 2.45) is 0 Å². The van der Waals surface area contributed by atoms with E-state index in [2.05, 4.69) is 41.4 Å². The Balaban J connectivity index is 1.61. The average Bonchev–Trinajstić information content (AvgIpc) is 3.06. The van der Waals surface area contributed by atoms with Gasteiger partial charge in [0.2, 0.25) is 0 Å². The minimum Gasteiger partial charge on any atom is -0.480 e. The van der Waals surface area contributed by atoms with Gasteiger partial charge in [-0.1, -0.05) is 49.4 Å². The Morgan fingerprint density at radius 1 is 1.20 bits per heavy atom. The quantitative estimate of drug-likeness (QED) is 0.880. The Hall–Kier alpha value is -2.33. The molecule has 25 heavy (non-hydrogen) atoms. The van der Waals surface area contributed by atoms with Gasteiger partial charge in [0, 0.05) is 13.0 Å². The van der Waals surface area contributed by atoms with Gasteiger partial charge < -0.3 is 15.0 Å². The fraction of sp³-hybridized carbons (Fsp3) is 0.381. The second kappa shape index (κ2) is 7.70. The van der Waals surface area contributed by atoms with E-state index in [9.17, 15) is 4.79 Å². The summed E-state index contributed by atoms with van der Waals surface area (Å²) in [5, 5.41) is 3.06. The maximum absolute atomic E-state index is 12.5. The third kappa shape index (κ3) is 4.02. The summed E-state index contributed by atoms with van der Waals surface area (Å²) in [7, 11) is 4.07. The van der Waals surface area contributed by atoms with Gasteiger partial charge in [0.15, 0.2) is 6.10 Å². The van der Waals surface area contributed by atoms with Crippen molar-refractivity contribution in [2.45, 2.75) is 31.9 Å². The molecule has 2 atom stereocenters. The van der Waals surface area contributed by atoms with Gasteiger partial charge in [0.25, 0.3) is 5.91 Å². The second-order valence-electron chi connectivity index (χ2n) is 6.74. The van der Waals surface area contributed by atoms with Gasteiger partial charge in [-0.15, -0.1) is 0 Å². The van der Waals surface area contributed by atoms with Crippen LogP contribution in [0.5, 0.6) is 5.75 Å². The number of para-hydroxylation sites is 1. The maximum Gasteiger partial charge on any atom is 0.261 e. The third-order valence-corrected chi connectivity index (χ3v) is 4.81. The normalized spacial score (nSPS) is 17.0. The van der Waals surface area contributed by atoms with Gasteiger partial charge in [0.05, 0.1) is 6.04 Å². The smallest absolute Gasteiger partial charge is 0.261 e. The summed E-state index contributed by atoms with van der Waals surface area (Å²) in [6, 6.07) is 16.6. The molecule has 0 unspecified atom stereocenters. The summed E-state index contributed by atoms with van der Waals surface area (Å²) in [5.74, 6) is 0.773. The molecular weight excluding hydrogens is 312 g/mol. The minimum atomic E-state index is -0.428. The van der Waals surface area contributed by atoms with Crippen LogP contribution in [0, 0.1) is 0 Å². The number of aryl methyl sites for hydroxylation is 1. The molecule has 1 heterocycles. The molecule has 4 nitrogen and oxygen atoms in total. The lowest BCUT2D eigenvalue weighted by Gasteiger charge is -2.26. The molecule has 0 aromatic heterocycles. The molecule has 1 N–H and O–H groups in total. The summed E-state index contributed by atoms with van der Waals surface area (Å²) in [6.07, 6.45) is 1.24. The SMILES string of the molecule is CCc1ccc([C@H](CNC(=O)[C@H]2Cc3ccccc3O2)N(C)C)cc1. The van der Waals surface area contributed by atoms with Crippen molar-refractivity contribution in [3.8, 4) is 5.75 Å². The molecule has 2 aromatic carbocycles. The molecule has 2 aromatic rings. The number of nitrogens with zero attached hydrogens (tertiary/aromatic N) is 1. The van der Waals surface area contributed by atoms with E-state index in [4.69, 9.17) is 4.74 Å². The van der Waals surface area contributed by atoms with Crippen molar-refractivity contribution in [1.82, 2.24) is 10.2 Å². The van der Waals surface area contributed by atoms with Gasteiger partial charge in [-0.25, -0.2) is 0 Å². The minimum absolute atomic E-state index is 0.0479. The number of hydrogen-bond donors (Lipinski definition) is 1. The van der Waals surface area contributed by atoms with E-state index in [1.54, 1.807) is 0 Å². The van der Waals surface area contributed by atoms with Crippen molar-refractivity contribution in [2.75, 3.05) is 20.6 Å². The molecule has 3 rings (SSSR count). The van der Waals surface area contributed by atoms with Crippen LogP contribution in [0.3, 0.4) is 0 Å². The topological polar surface area (TPSA) is 41.6 Å². The molecule has 1 amide bonds. The van der Waals surface area contributed by atoms with E-state index >= 15 is 0 Å². The van der Waals surface area contributed by atoms with Gasteiger partial charge >= 0.3 is 0 Å². The molecule has 0 radical (unpaired) electrons. The fourth-order valence-corrected chi connectivity index (χ4v) is 3.21. The van der Waals surface area contributed by atoms with Crippen molar-refractivity contribution in [1.29, 1.82) is 0 Å². The summed E-state index contributed by atoms with van der Waals surface area (Å²) >= 11 is 0. The van der Waals surface area contributed by atoms with E-state index < -0.39 is 6.10 Å². The van der Waals surface area contributed by atoms with Crippen LogP contribution >= 0.6 is 0 Å². The molecule has 0 aliphatic carbocycles. The zero-order valence-corrected chi connectivity index (χ0v) is 15.2. The Morgan fingerprint density at radius 3 is 2.56 bits per heavy atom. The molecule has 0 spiro atoms. The summed E-state index contributed by atoms with van der Waals surface area (Å²) < 4.78 is 5.77. The van der Waals surface area contributed by atoms with Crippen LogP contribution in [-0.2, 0) is 17.6 Å². The van der Waals surface area contributed by atoms with Gasteiger partial charge in [-0.3, -0.25) is 4.79 Å². The molecule has 0 bridgehead atoms. The number of nitrogens with one attached hydrogen (secondary N) is 1. The standard InChI is InChI=1S/C21H26N2O2/c1-4-15-9-11-16(12-10-15)18(23(2)3)14-22-21(24)20-13-17-7-5-6-8-19(17)25-20/h5-12,18,20H,4,13-14H2,1-3H3,(H,22,24)/t18-,20+/m0/s1. The first-order chi connectivity index (χ1) is 12.1. The predicted molar refractivity (Wildman–Crippen MR) is 99.8 cm³/mol. The van der Waals surface area contributed by atoms with Crippen molar-refractivity contribution in [3.63, 3.8) is 0 Å². The average molecular weight is 338 g/mol. The van der Waals surface area contributed by atoms with Crippen LogP contribution in [0.2, 0.25) is 0 Å². The Bertz CT molecular complexity index is 700. The number of benzene rings is 2. The van der Waals surface area contributed by atoms with E-state index in [0.29, 0.717) is 13.0 Å². The molecule has 1 aliphatic rings. The van der Waals surface area contributed by atoms with Crippen LogP contribution in [0.4, 0.5) is 0 Å². The largest absolute Gasteiger partial charge is 0.480 e. The van der Waals surface area contributed by atoms with E-state index in [1.807, 2.05) is 38.4 Å². The molecular formula is C21H26N2O2. The highest BCUT2D eigenvalue weighted by atomic mass is 16.5. The first-order valence-corrected chi connectivity index (χ1v) is 8.86. The predicted octanol–water partition coefficient (Wildman–Crippen LogP) is 2.97. The first-order valence-electron chi connectivity index (χ1n) is 8.86. The number of rotatable bonds is 6. The lowest BCUT2D eigenvalue weighted by molar-refractivity contribution is -0.127. The van der Waals surface area contributed by atoms with Gasteiger partial charge in [-0.2, -0.15) is 0 Å². The molecule has 132 valence electrons. The zero-order chi connectivity index (χ0) is 17.8. The number of fused-ring (bicyclic) bond motifs is 1. The second-order valence-corrected chi connectivity index (χ2v) is 6.74. The monoisotopic (exact) mass is 338 g/mol. The van der Waals surface area contributed by atoms with Gasteiger partial charge in [0.1, 0.15) is 5.75 Å². The molecule has 1 aliphatic heterocycles. The van der Waals surface area contributed by atoms with Crippen LogP contribution in [0.15, 0.2) is 48.5 Å². The fourth-order valence-electron chi connectivity index (χ4n) is 3.21. The van der Waals surface area contributed by atoms with Gasteiger partial charge in [-0.05, 0) is 43.3 Å². The number of carbonyl (C=O) groups is 1. The van der Waals surface area contributed by atoms with Crippen molar-refractivity contribution >= 4 is 5.91 Å². The first kappa shape index (κ1) is 17.5. The summed E-state index contributed by atoms with van der Waals surface area (Å²) in [6.45, 7) is 2.71. The summed E-state index contributed by atoms with van der Waals surface area (Å²) in [5.41, 5.74) is 3.63. The number of ether oxygens (including phenoxy) is 1. The summed E-state index contributed by atoms with van der Waals surface area (Å²) in [4.78, 5) is 14.6. The highest BCUT2D eigenvalue weighted by molar-refractivity contribution is 5.82. The molecule has 4 heteroatoms. The Morgan fingerprint density at radius 2 is 1.92 bits per heavy atom. The Labute approximate surface area is 149 Å². The van der Waals surface area contributed by atoms with E-state index in [-0.39, 0.29) is 11.9 Å². The molecule has 0 saturated heterocycles. The highest BCUT2D eigenvalue weighted by Crippen LogP contribution is 2.28. The van der Waals surface area contributed by atoms with E-state index in [0.717, 1.165) is 17.7 Å². The number of carbonyl (C=O) groups excluding carboxylic acids is 1. The number of amides is 1. The van der Waals surface area contributed by atoms with Crippen molar-refractivity contribution in [3.05, 3.63) is 65.2 Å². The third-order valence-electron chi connectivity index (χ3n) is 4.81. The van der Waals surface area contributed by atoms with E-state index in [1.165, 1.54) is 11.1 Å². The number of likely N-dealkylation sites (N-methyl/N-ethyl adjacent to an activating group) is 1. The maximum atomic E-state index is 12.5. The zero-order valence-electron chi connectivity index (χ0n) is 15.2. The van der Waals surface area contributed by atoms with Crippen LogP contribution < -0.4 is 10.1 Å². The Kier molecular flexibility index (Phi) is 5.39. The number of hydrogen-bond acceptors (Lipinski definition) is 3. The lowest BCUT2D eigenvalue weighted by atomic mass is 10.0.